The first-order valence-electron chi connectivity index (χ1n) is 9.93. The van der Waals surface area contributed by atoms with Crippen molar-refractivity contribution in [1.29, 1.82) is 0 Å². The van der Waals surface area contributed by atoms with Crippen LogP contribution in [-0.2, 0) is 11.3 Å². The molecule has 1 fully saturated rings. The molecule has 0 aliphatic carbocycles. The van der Waals surface area contributed by atoms with E-state index < -0.39 is 0 Å². The number of thiazole rings is 1. The molecule has 1 unspecified atom stereocenters. The first kappa shape index (κ1) is 20.7. The minimum atomic E-state index is -0.210. The number of aromatic nitrogens is 1. The van der Waals surface area contributed by atoms with Crippen molar-refractivity contribution in [1.82, 2.24) is 9.88 Å². The number of carbonyl (C=O) groups is 2. The van der Waals surface area contributed by atoms with Gasteiger partial charge in [-0.3, -0.25) is 14.5 Å². The number of thiophene rings is 1. The molecule has 1 atom stereocenters. The molecule has 6 nitrogen and oxygen atoms in total. The largest absolute Gasteiger partial charge is 0.369 e. The molecule has 156 valence electrons. The fourth-order valence-corrected chi connectivity index (χ4v) is 5.44. The highest BCUT2D eigenvalue weighted by atomic mass is 32.1. The van der Waals surface area contributed by atoms with Gasteiger partial charge >= 0.3 is 0 Å². The van der Waals surface area contributed by atoms with Crippen molar-refractivity contribution in [3.63, 3.8) is 0 Å². The van der Waals surface area contributed by atoms with Crippen LogP contribution in [0, 0.1) is 12.8 Å². The Balaban J connectivity index is 1.38. The van der Waals surface area contributed by atoms with Gasteiger partial charge in [0, 0.05) is 18.8 Å². The number of rotatable bonds is 6. The predicted octanol–water partition coefficient (Wildman–Crippen LogP) is 4.13. The topological polar surface area (TPSA) is 88.3 Å². The summed E-state index contributed by atoms with van der Waals surface area (Å²) in [4.78, 5) is 32.7. The number of nitrogens with two attached hydrogens (primary N) is 1. The molecular formula is C22H24N4O2S2. The van der Waals surface area contributed by atoms with Crippen LogP contribution in [0.2, 0.25) is 0 Å². The maximum atomic E-state index is 12.7. The number of anilines is 1. The zero-order valence-electron chi connectivity index (χ0n) is 16.8. The van der Waals surface area contributed by atoms with Gasteiger partial charge in [0.15, 0.2) is 0 Å². The molecule has 3 N–H and O–H groups in total. The average molecular weight is 441 g/mol. The summed E-state index contributed by atoms with van der Waals surface area (Å²) < 4.78 is 0. The van der Waals surface area contributed by atoms with E-state index in [-0.39, 0.29) is 17.7 Å². The molecule has 3 heterocycles. The Bertz CT molecular complexity index is 1030. The number of piperidine rings is 1. The summed E-state index contributed by atoms with van der Waals surface area (Å²) in [6, 6.07) is 11.9. The summed E-state index contributed by atoms with van der Waals surface area (Å²) in [5, 5.41) is 5.85. The smallest absolute Gasteiger partial charge is 0.267 e. The van der Waals surface area contributed by atoms with Crippen LogP contribution in [0.25, 0.3) is 9.88 Å². The van der Waals surface area contributed by atoms with Gasteiger partial charge in [0.05, 0.1) is 16.5 Å². The number of aryl methyl sites for hydroxylation is 1. The van der Waals surface area contributed by atoms with E-state index in [0.717, 1.165) is 52.8 Å². The molecule has 2 amide bonds. The van der Waals surface area contributed by atoms with Crippen molar-refractivity contribution < 1.29 is 9.59 Å². The summed E-state index contributed by atoms with van der Waals surface area (Å²) in [6.07, 6.45) is 1.87. The van der Waals surface area contributed by atoms with Crippen LogP contribution in [0.3, 0.4) is 0 Å². The molecule has 4 rings (SSSR count). The van der Waals surface area contributed by atoms with E-state index in [1.54, 1.807) is 11.3 Å². The lowest BCUT2D eigenvalue weighted by Crippen LogP contribution is -2.40. The number of hydrogen-bond acceptors (Lipinski definition) is 6. The molecule has 1 aliphatic heterocycles. The lowest BCUT2D eigenvalue weighted by atomic mass is 9.97. The van der Waals surface area contributed by atoms with Gasteiger partial charge in [0.2, 0.25) is 5.91 Å². The van der Waals surface area contributed by atoms with Gasteiger partial charge in [-0.15, -0.1) is 22.7 Å². The van der Waals surface area contributed by atoms with Crippen LogP contribution in [0.5, 0.6) is 0 Å². The fourth-order valence-electron chi connectivity index (χ4n) is 3.68. The number of carbonyl (C=O) groups excluding carboxylic acids is 2. The predicted molar refractivity (Wildman–Crippen MR) is 122 cm³/mol. The second-order valence-electron chi connectivity index (χ2n) is 7.54. The lowest BCUT2D eigenvalue weighted by Gasteiger charge is -2.31. The third kappa shape index (κ3) is 4.77. The Hall–Kier alpha value is -2.55. The maximum absolute atomic E-state index is 12.7. The van der Waals surface area contributed by atoms with Gasteiger partial charge in [-0.1, -0.05) is 18.2 Å². The van der Waals surface area contributed by atoms with E-state index in [2.05, 4.69) is 15.2 Å². The SMILES string of the molecule is Cc1nc(-c2cccs2)sc1C(=O)Nc1ccc(CN2CCCC(C(N)=O)C2)cc1. The maximum Gasteiger partial charge on any atom is 0.267 e. The number of benzene rings is 1. The zero-order chi connectivity index (χ0) is 21.1. The van der Waals surface area contributed by atoms with Crippen molar-refractivity contribution in [3.05, 3.63) is 57.9 Å². The van der Waals surface area contributed by atoms with Gasteiger partial charge < -0.3 is 11.1 Å². The second-order valence-corrected chi connectivity index (χ2v) is 9.49. The van der Waals surface area contributed by atoms with Crippen LogP contribution in [0.1, 0.15) is 33.8 Å². The van der Waals surface area contributed by atoms with E-state index in [4.69, 9.17) is 5.73 Å². The molecule has 3 aromatic rings. The molecule has 2 aromatic heterocycles. The number of likely N-dealkylation sites (tertiary alicyclic amines) is 1. The molecule has 0 saturated carbocycles. The van der Waals surface area contributed by atoms with Gasteiger partial charge in [-0.05, 0) is 55.5 Å². The molecule has 0 radical (unpaired) electrons. The first-order valence-corrected chi connectivity index (χ1v) is 11.6. The van der Waals surface area contributed by atoms with Crippen molar-refractivity contribution in [2.45, 2.75) is 26.3 Å². The molecule has 0 bridgehead atoms. The average Bonchev–Trinajstić information content (AvgIpc) is 3.39. The summed E-state index contributed by atoms with van der Waals surface area (Å²) in [5.41, 5.74) is 8.11. The van der Waals surface area contributed by atoms with E-state index >= 15 is 0 Å². The molecule has 1 aliphatic rings. The highest BCUT2D eigenvalue weighted by Gasteiger charge is 2.24. The van der Waals surface area contributed by atoms with Crippen molar-refractivity contribution in [2.75, 3.05) is 18.4 Å². The van der Waals surface area contributed by atoms with E-state index in [1.807, 2.05) is 48.7 Å². The Kier molecular flexibility index (Phi) is 6.26. The van der Waals surface area contributed by atoms with Gasteiger partial charge in [-0.25, -0.2) is 4.98 Å². The molecular weight excluding hydrogens is 416 g/mol. The summed E-state index contributed by atoms with van der Waals surface area (Å²) >= 11 is 3.03. The van der Waals surface area contributed by atoms with Crippen molar-refractivity contribution in [2.24, 2.45) is 11.7 Å². The molecule has 30 heavy (non-hydrogen) atoms. The zero-order valence-corrected chi connectivity index (χ0v) is 18.4. The van der Waals surface area contributed by atoms with Crippen molar-refractivity contribution in [3.8, 4) is 9.88 Å². The monoisotopic (exact) mass is 440 g/mol. The third-order valence-electron chi connectivity index (χ3n) is 5.26. The summed E-state index contributed by atoms with van der Waals surface area (Å²) in [6.45, 7) is 4.32. The Morgan fingerprint density at radius 3 is 2.77 bits per heavy atom. The minimum absolute atomic E-state index is 0.0565. The van der Waals surface area contributed by atoms with Crippen LogP contribution in [-0.4, -0.2) is 34.8 Å². The molecule has 1 aromatic carbocycles. The number of hydrogen-bond donors (Lipinski definition) is 2. The summed E-state index contributed by atoms with van der Waals surface area (Å²) in [5.74, 6) is -0.404. The van der Waals surface area contributed by atoms with Gasteiger partial charge in [0.1, 0.15) is 9.88 Å². The highest BCUT2D eigenvalue weighted by molar-refractivity contribution is 7.22. The quantitative estimate of drug-likeness (QED) is 0.603. The molecule has 8 heteroatoms. The minimum Gasteiger partial charge on any atom is -0.369 e. The lowest BCUT2D eigenvalue weighted by molar-refractivity contribution is -0.123. The Labute approximate surface area is 183 Å². The van der Waals surface area contributed by atoms with Gasteiger partial charge in [0.25, 0.3) is 5.91 Å². The number of primary amides is 1. The van der Waals surface area contributed by atoms with E-state index in [9.17, 15) is 9.59 Å². The Morgan fingerprint density at radius 2 is 2.07 bits per heavy atom. The number of nitrogens with one attached hydrogen (secondary N) is 1. The van der Waals surface area contributed by atoms with E-state index in [0.29, 0.717) is 11.4 Å². The van der Waals surface area contributed by atoms with Gasteiger partial charge in [-0.2, -0.15) is 0 Å². The van der Waals surface area contributed by atoms with Crippen LogP contribution >= 0.6 is 22.7 Å². The molecule has 1 saturated heterocycles. The fraction of sp³-hybridized carbons (Fsp3) is 0.318. The van der Waals surface area contributed by atoms with E-state index in [1.165, 1.54) is 11.3 Å². The van der Waals surface area contributed by atoms with Crippen LogP contribution < -0.4 is 11.1 Å². The second kappa shape index (κ2) is 9.07. The number of amides is 2. The number of nitrogens with zero attached hydrogens (tertiary/aromatic N) is 2. The highest BCUT2D eigenvalue weighted by Crippen LogP contribution is 2.31. The van der Waals surface area contributed by atoms with Crippen molar-refractivity contribution >= 4 is 40.2 Å². The normalized spacial score (nSPS) is 17.0. The van der Waals surface area contributed by atoms with Crippen LogP contribution in [0.15, 0.2) is 41.8 Å². The standard InChI is InChI=1S/C22H24N4O2S2/c1-14-19(30-22(24-14)18-5-3-11-29-18)21(28)25-17-8-6-15(7-9-17)12-26-10-2-4-16(13-26)20(23)27/h3,5-9,11,16H,2,4,10,12-13H2,1H3,(H2,23,27)(H,25,28). The molecule has 0 spiro atoms. The Morgan fingerprint density at radius 1 is 1.27 bits per heavy atom. The third-order valence-corrected chi connectivity index (χ3v) is 7.46. The summed E-state index contributed by atoms with van der Waals surface area (Å²) in [7, 11) is 0. The first-order chi connectivity index (χ1) is 14.5. The van der Waals surface area contributed by atoms with Crippen LogP contribution in [0.4, 0.5) is 5.69 Å².